The molecule has 0 atom stereocenters. The van der Waals surface area contributed by atoms with Crippen LogP contribution in [0.15, 0.2) is 41.8 Å². The first kappa shape index (κ1) is 24.5. The summed E-state index contributed by atoms with van der Waals surface area (Å²) in [4.78, 5) is 17.2. The molecular formula is C25H29F3N4OS. The van der Waals surface area contributed by atoms with Gasteiger partial charge in [-0.05, 0) is 50.1 Å². The molecule has 1 aliphatic carbocycles. The number of carbonyl (C=O) groups is 1. The van der Waals surface area contributed by atoms with Crippen molar-refractivity contribution in [3.05, 3.63) is 53.0 Å². The monoisotopic (exact) mass is 490 g/mol. The topological polar surface area (TPSA) is 59.0 Å². The lowest BCUT2D eigenvalue weighted by molar-refractivity contribution is -0.137. The summed E-state index contributed by atoms with van der Waals surface area (Å²) in [6.07, 6.45) is 2.87. The number of benzene rings is 1. The normalized spacial score (nSPS) is 14.9. The SMILES string of the molecule is Cn1c(C(=O)NCCCNC2CCCCC2)ccc1-c1nc(-c2cccc(C(F)(F)F)c2)cs1. The van der Waals surface area contributed by atoms with Crippen LogP contribution in [0.3, 0.4) is 0 Å². The zero-order valence-corrected chi connectivity index (χ0v) is 19.9. The second-order valence-electron chi connectivity index (χ2n) is 8.68. The zero-order valence-electron chi connectivity index (χ0n) is 19.1. The van der Waals surface area contributed by atoms with Crippen molar-refractivity contribution in [2.24, 2.45) is 7.05 Å². The average molecular weight is 491 g/mol. The molecule has 0 bridgehead atoms. The second kappa shape index (κ2) is 10.7. The molecule has 1 aliphatic rings. The molecule has 2 aromatic heterocycles. The summed E-state index contributed by atoms with van der Waals surface area (Å²) in [5.74, 6) is -0.152. The predicted octanol–water partition coefficient (Wildman–Crippen LogP) is 5.88. The zero-order chi connectivity index (χ0) is 24.1. The smallest absolute Gasteiger partial charge is 0.351 e. The molecule has 0 aliphatic heterocycles. The first-order valence-electron chi connectivity index (χ1n) is 11.6. The van der Waals surface area contributed by atoms with Crippen LogP contribution in [0.2, 0.25) is 0 Å². The summed E-state index contributed by atoms with van der Waals surface area (Å²) < 4.78 is 40.9. The highest BCUT2D eigenvalue weighted by molar-refractivity contribution is 7.13. The maximum absolute atomic E-state index is 13.0. The fourth-order valence-corrected chi connectivity index (χ4v) is 5.22. The van der Waals surface area contributed by atoms with Crippen molar-refractivity contribution in [1.29, 1.82) is 0 Å². The number of thiazole rings is 1. The molecule has 0 radical (unpaired) electrons. The minimum absolute atomic E-state index is 0.152. The Morgan fingerprint density at radius 1 is 1.15 bits per heavy atom. The molecule has 2 heterocycles. The lowest BCUT2D eigenvalue weighted by atomic mass is 9.95. The third kappa shape index (κ3) is 5.88. The molecular weight excluding hydrogens is 461 g/mol. The number of aromatic nitrogens is 2. The van der Waals surface area contributed by atoms with E-state index in [0.717, 1.165) is 30.8 Å². The van der Waals surface area contributed by atoms with Crippen LogP contribution in [0, 0.1) is 0 Å². The van der Waals surface area contributed by atoms with Crippen LogP contribution in [0.4, 0.5) is 13.2 Å². The van der Waals surface area contributed by atoms with Crippen LogP contribution >= 0.6 is 11.3 Å². The summed E-state index contributed by atoms with van der Waals surface area (Å²) in [6.45, 7) is 1.48. The first-order chi connectivity index (χ1) is 16.3. The van der Waals surface area contributed by atoms with Crippen molar-refractivity contribution >= 4 is 17.2 Å². The van der Waals surface area contributed by atoms with Crippen LogP contribution in [0.5, 0.6) is 0 Å². The Balaban J connectivity index is 1.35. The number of nitrogens with zero attached hydrogens (tertiary/aromatic N) is 2. The van der Waals surface area contributed by atoms with E-state index in [1.54, 1.807) is 29.1 Å². The molecule has 1 fully saturated rings. The van der Waals surface area contributed by atoms with E-state index in [9.17, 15) is 18.0 Å². The van der Waals surface area contributed by atoms with Gasteiger partial charge >= 0.3 is 6.18 Å². The van der Waals surface area contributed by atoms with E-state index < -0.39 is 11.7 Å². The number of hydrogen-bond acceptors (Lipinski definition) is 4. The molecule has 182 valence electrons. The number of amides is 1. The van der Waals surface area contributed by atoms with Crippen molar-refractivity contribution in [2.45, 2.75) is 50.7 Å². The molecule has 1 saturated carbocycles. The third-order valence-corrected chi connectivity index (χ3v) is 7.11. The molecule has 1 amide bonds. The highest BCUT2D eigenvalue weighted by atomic mass is 32.1. The van der Waals surface area contributed by atoms with Crippen molar-refractivity contribution in [3.63, 3.8) is 0 Å². The Morgan fingerprint density at radius 2 is 1.94 bits per heavy atom. The Labute approximate surface area is 201 Å². The number of halogens is 3. The lowest BCUT2D eigenvalue weighted by Crippen LogP contribution is -2.34. The van der Waals surface area contributed by atoms with Gasteiger partial charge in [-0.1, -0.05) is 31.4 Å². The van der Waals surface area contributed by atoms with Gasteiger partial charge in [0.2, 0.25) is 0 Å². The van der Waals surface area contributed by atoms with E-state index in [1.165, 1.54) is 49.5 Å². The van der Waals surface area contributed by atoms with Gasteiger partial charge in [0.25, 0.3) is 5.91 Å². The van der Waals surface area contributed by atoms with Gasteiger partial charge in [-0.25, -0.2) is 4.98 Å². The van der Waals surface area contributed by atoms with Gasteiger partial charge in [0.05, 0.1) is 17.0 Å². The van der Waals surface area contributed by atoms with Crippen LogP contribution in [0.25, 0.3) is 22.0 Å². The van der Waals surface area contributed by atoms with Crippen molar-refractivity contribution in [2.75, 3.05) is 13.1 Å². The first-order valence-corrected chi connectivity index (χ1v) is 12.5. The van der Waals surface area contributed by atoms with Crippen LogP contribution < -0.4 is 10.6 Å². The van der Waals surface area contributed by atoms with Gasteiger partial charge < -0.3 is 15.2 Å². The molecule has 0 spiro atoms. The molecule has 0 unspecified atom stereocenters. The molecule has 5 nitrogen and oxygen atoms in total. The number of nitrogens with one attached hydrogen (secondary N) is 2. The number of hydrogen-bond donors (Lipinski definition) is 2. The number of rotatable bonds is 8. The van der Waals surface area contributed by atoms with Crippen LogP contribution in [0.1, 0.15) is 54.6 Å². The van der Waals surface area contributed by atoms with E-state index in [2.05, 4.69) is 15.6 Å². The van der Waals surface area contributed by atoms with Gasteiger partial charge in [0, 0.05) is 30.6 Å². The summed E-state index contributed by atoms with van der Waals surface area (Å²) in [6, 6.07) is 9.31. The maximum Gasteiger partial charge on any atom is 0.416 e. The summed E-state index contributed by atoms with van der Waals surface area (Å²) in [7, 11) is 1.79. The van der Waals surface area contributed by atoms with Gasteiger partial charge in [-0.3, -0.25) is 4.79 Å². The minimum atomic E-state index is -4.40. The fourth-order valence-electron chi connectivity index (χ4n) is 4.33. The molecule has 4 rings (SSSR count). The number of alkyl halides is 3. The molecule has 1 aromatic carbocycles. The van der Waals surface area contributed by atoms with Crippen molar-refractivity contribution in [3.8, 4) is 22.0 Å². The Kier molecular flexibility index (Phi) is 7.73. The summed E-state index contributed by atoms with van der Waals surface area (Å²) in [5, 5.41) is 8.92. The average Bonchev–Trinajstić information content (AvgIpc) is 3.46. The summed E-state index contributed by atoms with van der Waals surface area (Å²) >= 11 is 1.33. The predicted molar refractivity (Wildman–Crippen MR) is 129 cm³/mol. The number of carbonyl (C=O) groups excluding carboxylic acids is 1. The highest BCUT2D eigenvalue weighted by Gasteiger charge is 2.30. The second-order valence-corrected chi connectivity index (χ2v) is 9.54. The fraction of sp³-hybridized carbons (Fsp3) is 0.440. The third-order valence-electron chi connectivity index (χ3n) is 6.24. The molecule has 3 aromatic rings. The van der Waals surface area contributed by atoms with Gasteiger partial charge in [0.15, 0.2) is 0 Å². The van der Waals surface area contributed by atoms with E-state index in [1.807, 2.05) is 6.07 Å². The molecule has 0 saturated heterocycles. The van der Waals surface area contributed by atoms with Gasteiger partial charge in [0.1, 0.15) is 10.7 Å². The highest BCUT2D eigenvalue weighted by Crippen LogP contribution is 2.34. The van der Waals surface area contributed by atoms with E-state index in [0.29, 0.717) is 34.5 Å². The Bertz CT molecular complexity index is 1120. The van der Waals surface area contributed by atoms with Crippen molar-refractivity contribution < 1.29 is 18.0 Å². The summed E-state index contributed by atoms with van der Waals surface area (Å²) in [5.41, 5.74) is 1.44. The molecule has 2 N–H and O–H groups in total. The standard InChI is InChI=1S/C25H29F3N4OS/c1-32-21(23(33)30-14-6-13-29-19-9-3-2-4-10-19)11-12-22(32)24-31-20(16-34-24)17-7-5-8-18(15-17)25(26,27)28/h5,7-8,11-12,15-16,19,29H,2-4,6,9-10,13-14H2,1H3,(H,30,33). The van der Waals surface area contributed by atoms with Crippen molar-refractivity contribution in [1.82, 2.24) is 20.2 Å². The van der Waals surface area contributed by atoms with E-state index in [-0.39, 0.29) is 5.91 Å². The van der Waals surface area contributed by atoms with E-state index in [4.69, 9.17) is 0 Å². The Morgan fingerprint density at radius 3 is 2.71 bits per heavy atom. The Hall–Kier alpha value is -2.65. The van der Waals surface area contributed by atoms with E-state index >= 15 is 0 Å². The van der Waals surface area contributed by atoms with Gasteiger partial charge in [-0.2, -0.15) is 13.2 Å². The largest absolute Gasteiger partial charge is 0.416 e. The quantitative estimate of drug-likeness (QED) is 0.388. The molecule has 34 heavy (non-hydrogen) atoms. The maximum atomic E-state index is 13.0. The van der Waals surface area contributed by atoms with Gasteiger partial charge in [-0.15, -0.1) is 11.3 Å². The minimum Gasteiger partial charge on any atom is -0.351 e. The van der Waals surface area contributed by atoms with Crippen LogP contribution in [-0.4, -0.2) is 34.6 Å². The molecule has 9 heteroatoms. The van der Waals surface area contributed by atoms with Crippen LogP contribution in [-0.2, 0) is 13.2 Å². The lowest BCUT2D eigenvalue weighted by Gasteiger charge is -2.22.